The Labute approximate surface area is 233 Å². The van der Waals surface area contributed by atoms with Crippen molar-refractivity contribution >= 4 is 64.0 Å². The lowest BCUT2D eigenvalue weighted by molar-refractivity contribution is -0.130. The van der Waals surface area contributed by atoms with Gasteiger partial charge in [0.1, 0.15) is 0 Å². The molecule has 3 unspecified atom stereocenters. The molecule has 3 aliphatic heterocycles. The third kappa shape index (κ3) is 5.33. The number of ether oxygens (including phenoxy) is 2. The van der Waals surface area contributed by atoms with Crippen molar-refractivity contribution < 1.29 is 28.7 Å². The Morgan fingerprint density at radius 3 is 2.37 bits per heavy atom. The number of halogens is 2. The molecule has 10 nitrogen and oxygen atoms in total. The average molecular weight is 581 g/mol. The smallest absolute Gasteiger partial charge is 0.399 e. The van der Waals surface area contributed by atoms with Gasteiger partial charge in [0.15, 0.2) is 10.6 Å². The van der Waals surface area contributed by atoms with Crippen LogP contribution in [0.25, 0.3) is 0 Å². The molecule has 2 N–H and O–H groups in total. The number of hydrogen-bond acceptors (Lipinski definition) is 7. The highest BCUT2D eigenvalue weighted by Crippen LogP contribution is 2.43. The molecule has 2 bridgehead atoms. The standard InChI is InChI=1S/C25H26Cl2N4O6S/c1-14(32)30-8-10-31(11-9-30)22(33)17-4-2-15(12-18(17)26)28-23(34)25(13-16-3-5-19(25)36-16)29-24(35)37-21-7-6-20(27)38-21/h2,4,6-7,12,16,19H,3,5,8-11,13H2,1H3,(H,28,34)(H,29,35). The van der Waals surface area contributed by atoms with E-state index in [0.717, 1.165) is 17.8 Å². The van der Waals surface area contributed by atoms with Gasteiger partial charge in [-0.25, -0.2) is 4.79 Å². The average Bonchev–Trinajstić information content (AvgIpc) is 3.60. The van der Waals surface area contributed by atoms with E-state index in [2.05, 4.69) is 10.6 Å². The van der Waals surface area contributed by atoms with Crippen LogP contribution in [0.1, 0.15) is 36.5 Å². The molecule has 0 saturated carbocycles. The molecule has 2 aromatic rings. The van der Waals surface area contributed by atoms with Gasteiger partial charge in [0.25, 0.3) is 11.8 Å². The Balaban J connectivity index is 1.27. The molecule has 202 valence electrons. The minimum Gasteiger partial charge on any atom is -0.399 e. The second kappa shape index (κ2) is 10.7. The largest absolute Gasteiger partial charge is 0.414 e. The summed E-state index contributed by atoms with van der Waals surface area (Å²) in [4.78, 5) is 54.2. The zero-order chi connectivity index (χ0) is 27.0. The molecule has 0 radical (unpaired) electrons. The zero-order valence-electron chi connectivity index (χ0n) is 20.5. The Kier molecular flexibility index (Phi) is 7.54. The quantitative estimate of drug-likeness (QED) is 0.556. The predicted octanol–water partition coefficient (Wildman–Crippen LogP) is 3.78. The summed E-state index contributed by atoms with van der Waals surface area (Å²) in [6.07, 6.45) is 0.305. The second-order valence-electron chi connectivity index (χ2n) is 9.52. The van der Waals surface area contributed by atoms with Crippen LogP contribution in [0.15, 0.2) is 30.3 Å². The normalized spacial score (nSPS) is 24.3. The van der Waals surface area contributed by atoms with Crippen molar-refractivity contribution in [2.24, 2.45) is 0 Å². The molecule has 3 fully saturated rings. The first kappa shape index (κ1) is 26.7. The van der Waals surface area contributed by atoms with Crippen LogP contribution >= 0.6 is 34.5 Å². The van der Waals surface area contributed by atoms with Gasteiger partial charge in [0.05, 0.1) is 27.1 Å². The van der Waals surface area contributed by atoms with Gasteiger partial charge in [-0.2, -0.15) is 0 Å². The number of carbonyl (C=O) groups is 4. The predicted molar refractivity (Wildman–Crippen MR) is 142 cm³/mol. The molecule has 1 aromatic heterocycles. The molecule has 5 rings (SSSR count). The molecule has 0 spiro atoms. The second-order valence-corrected chi connectivity index (χ2v) is 11.6. The van der Waals surface area contributed by atoms with Crippen molar-refractivity contribution in [3.8, 4) is 5.06 Å². The number of rotatable bonds is 5. The molecule has 13 heteroatoms. The number of nitrogens with zero attached hydrogens (tertiary/aromatic N) is 2. The minimum absolute atomic E-state index is 0.0208. The van der Waals surface area contributed by atoms with Crippen LogP contribution in [0.2, 0.25) is 9.36 Å². The molecule has 1 aromatic carbocycles. The van der Waals surface area contributed by atoms with Gasteiger partial charge < -0.3 is 29.9 Å². The highest BCUT2D eigenvalue weighted by atomic mass is 35.5. The third-order valence-corrected chi connectivity index (χ3v) is 8.57. The Hall–Kier alpha value is -2.86. The van der Waals surface area contributed by atoms with E-state index in [1.54, 1.807) is 34.1 Å². The van der Waals surface area contributed by atoms with E-state index in [-0.39, 0.29) is 22.9 Å². The van der Waals surface area contributed by atoms with E-state index in [1.165, 1.54) is 13.0 Å². The summed E-state index contributed by atoms with van der Waals surface area (Å²) in [5, 5.41) is 6.06. The summed E-state index contributed by atoms with van der Waals surface area (Å²) in [6.45, 7) is 3.27. The van der Waals surface area contributed by atoms with Crippen LogP contribution in [0.4, 0.5) is 10.5 Å². The Morgan fingerprint density at radius 2 is 1.79 bits per heavy atom. The van der Waals surface area contributed by atoms with Gasteiger partial charge in [-0.15, -0.1) is 0 Å². The highest BCUT2D eigenvalue weighted by Gasteiger charge is 2.58. The van der Waals surface area contributed by atoms with Gasteiger partial charge >= 0.3 is 6.09 Å². The van der Waals surface area contributed by atoms with E-state index in [4.69, 9.17) is 32.7 Å². The van der Waals surface area contributed by atoms with E-state index in [0.29, 0.717) is 59.7 Å². The summed E-state index contributed by atoms with van der Waals surface area (Å²) in [6, 6.07) is 7.85. The lowest BCUT2D eigenvalue weighted by atomic mass is 9.80. The third-order valence-electron chi connectivity index (χ3n) is 7.15. The fourth-order valence-electron chi connectivity index (χ4n) is 5.19. The first-order valence-corrected chi connectivity index (χ1v) is 13.8. The molecular weight excluding hydrogens is 555 g/mol. The molecule has 0 aliphatic carbocycles. The number of amides is 4. The molecule has 3 aliphatic rings. The zero-order valence-corrected chi connectivity index (χ0v) is 22.8. The van der Waals surface area contributed by atoms with Crippen molar-refractivity contribution in [1.29, 1.82) is 0 Å². The molecular formula is C25H26Cl2N4O6S. The van der Waals surface area contributed by atoms with Crippen LogP contribution in [-0.4, -0.2) is 77.5 Å². The maximum Gasteiger partial charge on any atom is 0.414 e. The number of carbonyl (C=O) groups excluding carboxylic acids is 4. The molecule has 38 heavy (non-hydrogen) atoms. The maximum absolute atomic E-state index is 13.6. The topological polar surface area (TPSA) is 117 Å². The Morgan fingerprint density at radius 1 is 1.05 bits per heavy atom. The van der Waals surface area contributed by atoms with Crippen LogP contribution in [0, 0.1) is 0 Å². The lowest BCUT2D eigenvalue weighted by Gasteiger charge is -2.34. The van der Waals surface area contributed by atoms with Gasteiger partial charge in [0, 0.05) is 45.2 Å². The van der Waals surface area contributed by atoms with Crippen LogP contribution in [0.3, 0.4) is 0 Å². The SMILES string of the molecule is CC(=O)N1CCN(C(=O)c2ccc(NC(=O)C3(NC(=O)Oc4ccc(Cl)s4)CC4CCC3O4)cc2Cl)CC1. The van der Waals surface area contributed by atoms with E-state index >= 15 is 0 Å². The summed E-state index contributed by atoms with van der Waals surface area (Å²) in [5.74, 6) is -0.721. The first-order chi connectivity index (χ1) is 18.1. The van der Waals surface area contributed by atoms with Crippen molar-refractivity contribution in [2.75, 3.05) is 31.5 Å². The van der Waals surface area contributed by atoms with E-state index in [1.807, 2.05) is 0 Å². The molecule has 4 amide bonds. The number of thiophene rings is 1. The number of fused-ring (bicyclic) bond motifs is 2. The van der Waals surface area contributed by atoms with Gasteiger partial charge in [-0.3, -0.25) is 14.4 Å². The van der Waals surface area contributed by atoms with E-state index in [9.17, 15) is 19.2 Å². The van der Waals surface area contributed by atoms with Crippen molar-refractivity contribution in [1.82, 2.24) is 15.1 Å². The summed E-state index contributed by atoms with van der Waals surface area (Å²) in [7, 11) is 0. The van der Waals surface area contributed by atoms with Crippen molar-refractivity contribution in [2.45, 2.75) is 43.9 Å². The van der Waals surface area contributed by atoms with Gasteiger partial charge in [-0.1, -0.05) is 34.5 Å². The van der Waals surface area contributed by atoms with Crippen LogP contribution in [0.5, 0.6) is 5.06 Å². The molecule has 4 heterocycles. The number of piperazine rings is 1. The first-order valence-electron chi connectivity index (χ1n) is 12.2. The van der Waals surface area contributed by atoms with Gasteiger partial charge in [-0.05, 0) is 43.2 Å². The number of hydrogen-bond donors (Lipinski definition) is 2. The molecule has 3 saturated heterocycles. The minimum atomic E-state index is -1.32. The van der Waals surface area contributed by atoms with Gasteiger partial charge in [0.2, 0.25) is 5.91 Å². The summed E-state index contributed by atoms with van der Waals surface area (Å²) < 4.78 is 11.7. The number of nitrogens with one attached hydrogen (secondary N) is 2. The fraction of sp³-hybridized carbons (Fsp3) is 0.440. The lowest BCUT2D eigenvalue weighted by Crippen LogP contribution is -2.62. The Bertz CT molecular complexity index is 1280. The van der Waals surface area contributed by atoms with Crippen LogP contribution in [-0.2, 0) is 14.3 Å². The summed E-state index contributed by atoms with van der Waals surface area (Å²) in [5.41, 5.74) is -0.645. The number of benzene rings is 1. The maximum atomic E-state index is 13.6. The monoisotopic (exact) mass is 580 g/mol. The highest BCUT2D eigenvalue weighted by molar-refractivity contribution is 7.17. The van der Waals surface area contributed by atoms with Crippen LogP contribution < -0.4 is 15.4 Å². The molecule has 3 atom stereocenters. The van der Waals surface area contributed by atoms with Crippen molar-refractivity contribution in [3.05, 3.63) is 45.3 Å². The fourth-order valence-corrected chi connectivity index (χ4v) is 6.33. The number of anilines is 1. The van der Waals surface area contributed by atoms with Crippen molar-refractivity contribution in [3.63, 3.8) is 0 Å². The van der Waals surface area contributed by atoms with E-state index < -0.39 is 23.6 Å². The summed E-state index contributed by atoms with van der Waals surface area (Å²) >= 11 is 13.5.